The molecule has 0 aliphatic carbocycles. The van der Waals surface area contributed by atoms with Crippen LogP contribution in [0.25, 0.3) is 10.8 Å². The van der Waals surface area contributed by atoms with Crippen molar-refractivity contribution in [3.63, 3.8) is 0 Å². The Hall–Kier alpha value is -3.58. The fourth-order valence-corrected chi connectivity index (χ4v) is 4.51. The van der Waals surface area contributed by atoms with Gasteiger partial charge in [-0.25, -0.2) is 0 Å². The van der Waals surface area contributed by atoms with Crippen molar-refractivity contribution in [3.05, 3.63) is 66.2 Å². The zero-order chi connectivity index (χ0) is 21.5. The molecule has 0 saturated carbocycles. The highest BCUT2D eigenvalue weighted by atomic mass is 16.5. The quantitative estimate of drug-likeness (QED) is 0.678. The molecule has 0 spiro atoms. The van der Waals surface area contributed by atoms with Gasteiger partial charge < -0.3 is 25.4 Å². The van der Waals surface area contributed by atoms with Gasteiger partial charge in [0.2, 0.25) is 5.91 Å². The summed E-state index contributed by atoms with van der Waals surface area (Å²) in [7, 11) is 0. The van der Waals surface area contributed by atoms with E-state index in [9.17, 15) is 14.7 Å². The highest BCUT2D eigenvalue weighted by Crippen LogP contribution is 2.36. The maximum absolute atomic E-state index is 13.4. The summed E-state index contributed by atoms with van der Waals surface area (Å²) in [6.07, 6.45) is -0.912. The third-order valence-electron chi connectivity index (χ3n) is 5.91. The second kappa shape index (κ2) is 7.59. The topological polar surface area (TPSA) is 96.1 Å². The SMILES string of the molecule is NC(=O)[C@H]1CN(C(=O)CN2C[C@H](O)Cc3ccc4ccccc4c32)c2ccccc2O1. The molecular weight excluding hydrogens is 394 g/mol. The van der Waals surface area contributed by atoms with Gasteiger partial charge in [0.15, 0.2) is 6.10 Å². The lowest BCUT2D eigenvalue weighted by Gasteiger charge is -2.38. The smallest absolute Gasteiger partial charge is 0.260 e. The number of carbonyl (C=O) groups excluding carboxylic acids is 2. The second-order valence-corrected chi connectivity index (χ2v) is 8.01. The number of fused-ring (bicyclic) bond motifs is 4. The maximum atomic E-state index is 13.4. The third kappa shape index (κ3) is 3.47. The van der Waals surface area contributed by atoms with Crippen LogP contribution in [0, 0.1) is 0 Å². The van der Waals surface area contributed by atoms with Crippen molar-refractivity contribution in [1.29, 1.82) is 0 Å². The summed E-state index contributed by atoms with van der Waals surface area (Å²) in [5, 5.41) is 12.6. The van der Waals surface area contributed by atoms with Crippen LogP contribution < -0.4 is 20.3 Å². The highest BCUT2D eigenvalue weighted by molar-refractivity contribution is 6.02. The van der Waals surface area contributed by atoms with Crippen molar-refractivity contribution in [1.82, 2.24) is 0 Å². The Morgan fingerprint density at radius 1 is 1.03 bits per heavy atom. The molecule has 2 amide bonds. The first kappa shape index (κ1) is 19.4. The molecule has 3 aromatic rings. The van der Waals surface area contributed by atoms with E-state index in [0.29, 0.717) is 24.4 Å². The molecular formula is C24H23N3O4. The van der Waals surface area contributed by atoms with Gasteiger partial charge in [-0.3, -0.25) is 9.59 Å². The van der Waals surface area contributed by atoms with Gasteiger partial charge in [-0.1, -0.05) is 48.5 Å². The third-order valence-corrected chi connectivity index (χ3v) is 5.91. The lowest BCUT2D eigenvalue weighted by atomic mass is 9.95. The van der Waals surface area contributed by atoms with Crippen molar-refractivity contribution in [2.75, 3.05) is 29.4 Å². The highest BCUT2D eigenvalue weighted by Gasteiger charge is 2.34. The number of ether oxygens (including phenoxy) is 1. The predicted octanol–water partition coefficient (Wildman–Crippen LogP) is 1.84. The number of carbonyl (C=O) groups is 2. The van der Waals surface area contributed by atoms with E-state index in [4.69, 9.17) is 10.5 Å². The lowest BCUT2D eigenvalue weighted by molar-refractivity contribution is -0.125. The summed E-state index contributed by atoms with van der Waals surface area (Å²) >= 11 is 0. The molecule has 2 atom stereocenters. The minimum Gasteiger partial charge on any atom is -0.477 e. The van der Waals surface area contributed by atoms with Gasteiger partial charge in [0.25, 0.3) is 5.91 Å². The van der Waals surface area contributed by atoms with Crippen LogP contribution in [0.2, 0.25) is 0 Å². The summed E-state index contributed by atoms with van der Waals surface area (Å²) in [5.74, 6) is -0.345. The van der Waals surface area contributed by atoms with Crippen LogP contribution in [0.4, 0.5) is 11.4 Å². The van der Waals surface area contributed by atoms with Crippen LogP contribution in [0.3, 0.4) is 0 Å². The Morgan fingerprint density at radius 2 is 1.81 bits per heavy atom. The molecule has 5 rings (SSSR count). The van der Waals surface area contributed by atoms with E-state index in [1.54, 1.807) is 23.1 Å². The van der Waals surface area contributed by atoms with Crippen molar-refractivity contribution < 1.29 is 19.4 Å². The van der Waals surface area contributed by atoms with E-state index >= 15 is 0 Å². The van der Waals surface area contributed by atoms with E-state index in [1.165, 1.54) is 0 Å². The van der Waals surface area contributed by atoms with Gasteiger partial charge in [0, 0.05) is 24.0 Å². The average molecular weight is 417 g/mol. The number of benzene rings is 3. The maximum Gasteiger partial charge on any atom is 0.260 e. The number of rotatable bonds is 3. The molecule has 3 N–H and O–H groups in total. The average Bonchev–Trinajstić information content (AvgIpc) is 2.77. The minimum atomic E-state index is -0.904. The number of hydrogen-bond donors (Lipinski definition) is 2. The number of amides is 2. The largest absolute Gasteiger partial charge is 0.477 e. The van der Waals surface area contributed by atoms with Crippen LogP contribution in [0.1, 0.15) is 5.56 Å². The van der Waals surface area contributed by atoms with E-state index in [-0.39, 0.29) is 19.0 Å². The molecule has 0 fully saturated rings. The lowest BCUT2D eigenvalue weighted by Crippen LogP contribution is -2.52. The Labute approximate surface area is 179 Å². The molecule has 31 heavy (non-hydrogen) atoms. The first-order chi connectivity index (χ1) is 15.0. The Bertz CT molecular complexity index is 1180. The standard InChI is InChI=1S/C24H23N3O4/c25-24(30)21-13-27(19-7-3-4-8-20(19)31-21)22(29)14-26-12-17(28)11-16-10-9-15-5-1-2-6-18(15)23(16)26/h1-10,17,21,28H,11-14H2,(H2,25,30)/t17-,21-/m1/s1. The van der Waals surface area contributed by atoms with E-state index in [2.05, 4.69) is 0 Å². The van der Waals surface area contributed by atoms with Crippen molar-refractivity contribution in [2.45, 2.75) is 18.6 Å². The fraction of sp³-hybridized carbons (Fsp3) is 0.250. The van der Waals surface area contributed by atoms with Crippen LogP contribution in [-0.2, 0) is 16.0 Å². The minimum absolute atomic E-state index is 0.0595. The van der Waals surface area contributed by atoms with Gasteiger partial charge in [0.1, 0.15) is 5.75 Å². The van der Waals surface area contributed by atoms with Crippen molar-refractivity contribution >= 4 is 34.0 Å². The van der Waals surface area contributed by atoms with Crippen molar-refractivity contribution in [2.24, 2.45) is 5.73 Å². The van der Waals surface area contributed by atoms with Gasteiger partial charge in [0.05, 0.1) is 24.9 Å². The fourth-order valence-electron chi connectivity index (χ4n) is 4.51. The number of para-hydroxylation sites is 2. The summed E-state index contributed by atoms with van der Waals surface area (Å²) in [6.45, 7) is 0.486. The van der Waals surface area contributed by atoms with Crippen LogP contribution in [-0.4, -0.2) is 48.8 Å². The van der Waals surface area contributed by atoms with E-state index in [1.807, 2.05) is 47.4 Å². The molecule has 2 aliphatic heterocycles. The molecule has 7 nitrogen and oxygen atoms in total. The Kier molecular flexibility index (Phi) is 4.75. The van der Waals surface area contributed by atoms with Gasteiger partial charge >= 0.3 is 0 Å². The summed E-state index contributed by atoms with van der Waals surface area (Å²) in [4.78, 5) is 28.7. The number of primary amides is 1. The van der Waals surface area contributed by atoms with Gasteiger partial charge in [-0.05, 0) is 23.1 Å². The first-order valence-corrected chi connectivity index (χ1v) is 10.3. The van der Waals surface area contributed by atoms with Gasteiger partial charge in [-0.15, -0.1) is 0 Å². The molecule has 0 radical (unpaired) electrons. The molecule has 3 aromatic carbocycles. The molecule has 7 heteroatoms. The molecule has 158 valence electrons. The monoisotopic (exact) mass is 417 g/mol. The number of anilines is 2. The Morgan fingerprint density at radius 3 is 2.65 bits per heavy atom. The normalized spacial score (nSPS) is 20.0. The first-order valence-electron chi connectivity index (χ1n) is 10.3. The molecule has 0 bridgehead atoms. The van der Waals surface area contributed by atoms with Crippen LogP contribution in [0.15, 0.2) is 60.7 Å². The van der Waals surface area contributed by atoms with Gasteiger partial charge in [-0.2, -0.15) is 0 Å². The Balaban J connectivity index is 1.50. The second-order valence-electron chi connectivity index (χ2n) is 8.01. The predicted molar refractivity (Wildman–Crippen MR) is 118 cm³/mol. The molecule has 0 aromatic heterocycles. The van der Waals surface area contributed by atoms with E-state index < -0.39 is 18.1 Å². The molecule has 0 saturated heterocycles. The number of nitrogens with two attached hydrogens (primary N) is 1. The number of aliphatic hydroxyl groups excluding tert-OH is 1. The van der Waals surface area contributed by atoms with E-state index in [0.717, 1.165) is 22.0 Å². The zero-order valence-corrected chi connectivity index (χ0v) is 16.9. The number of nitrogens with zero attached hydrogens (tertiary/aromatic N) is 2. The number of β-amino-alcohol motifs (C(OH)–C–C–N with tert-alkyl or cyclic N) is 1. The molecule has 2 heterocycles. The molecule has 2 aliphatic rings. The van der Waals surface area contributed by atoms with Crippen molar-refractivity contribution in [3.8, 4) is 5.75 Å². The summed E-state index contributed by atoms with van der Waals surface area (Å²) in [5.41, 5.74) is 8.07. The van der Waals surface area contributed by atoms with Crippen LogP contribution in [0.5, 0.6) is 5.75 Å². The number of hydrogen-bond acceptors (Lipinski definition) is 5. The van der Waals surface area contributed by atoms with Crippen LogP contribution >= 0.6 is 0 Å². The summed E-state index contributed by atoms with van der Waals surface area (Å²) in [6, 6.07) is 19.2. The zero-order valence-electron chi connectivity index (χ0n) is 16.9. The number of aliphatic hydroxyl groups is 1. The summed E-state index contributed by atoms with van der Waals surface area (Å²) < 4.78 is 5.67. The molecule has 0 unspecified atom stereocenters.